The van der Waals surface area contributed by atoms with Crippen LogP contribution < -0.4 is 5.73 Å². The molecule has 1 amide bonds. The molecule has 1 aromatic carbocycles. The van der Waals surface area contributed by atoms with Crippen LogP contribution in [0.1, 0.15) is 5.56 Å². The van der Waals surface area contributed by atoms with Crippen LogP contribution in [0.2, 0.25) is 0 Å². The van der Waals surface area contributed by atoms with Crippen LogP contribution in [-0.4, -0.2) is 41.9 Å². The Hall–Kier alpha value is -0.710. The van der Waals surface area contributed by atoms with Gasteiger partial charge in [-0.1, -0.05) is 30.3 Å². The van der Waals surface area contributed by atoms with Crippen molar-refractivity contribution < 1.29 is 4.79 Å². The molecule has 1 aliphatic heterocycles. The maximum absolute atomic E-state index is 12.4. The minimum atomic E-state index is -0.0736. The molecule has 0 bridgehead atoms. The van der Waals surface area contributed by atoms with Gasteiger partial charge in [-0.25, -0.2) is 0 Å². The van der Waals surface area contributed by atoms with Crippen LogP contribution in [-0.2, 0) is 11.2 Å². The summed E-state index contributed by atoms with van der Waals surface area (Å²) in [5.41, 5.74) is 6.96. The Bertz CT molecular complexity index is 382. The van der Waals surface area contributed by atoms with Crippen LogP contribution in [0.4, 0.5) is 0 Å². The molecule has 1 aromatic rings. The largest absolute Gasteiger partial charge is 0.341 e. The summed E-state index contributed by atoms with van der Waals surface area (Å²) < 4.78 is 0. The molecule has 0 radical (unpaired) electrons. The van der Waals surface area contributed by atoms with Gasteiger partial charge in [-0.2, -0.15) is 11.8 Å². The van der Waals surface area contributed by atoms with Crippen LogP contribution in [0.25, 0.3) is 0 Å². The molecule has 19 heavy (non-hydrogen) atoms. The smallest absolute Gasteiger partial charge is 0.227 e. The van der Waals surface area contributed by atoms with E-state index in [0.717, 1.165) is 31.0 Å². The molecule has 0 spiro atoms. The quantitative estimate of drug-likeness (QED) is 0.922. The highest BCUT2D eigenvalue weighted by Crippen LogP contribution is 2.15. The number of rotatable bonds is 4. The molecule has 3 nitrogen and oxygen atoms in total. The second-order valence-corrected chi connectivity index (χ2v) is 5.78. The van der Waals surface area contributed by atoms with Crippen molar-refractivity contribution in [3.05, 3.63) is 35.9 Å². The lowest BCUT2D eigenvalue weighted by atomic mass is 9.98. The fraction of sp³-hybridized carbons (Fsp3) is 0.500. The molecule has 1 atom stereocenters. The number of hydrogen-bond acceptors (Lipinski definition) is 3. The fourth-order valence-corrected chi connectivity index (χ4v) is 3.12. The number of carbonyl (C=O) groups is 1. The van der Waals surface area contributed by atoms with Crippen molar-refractivity contribution in [2.45, 2.75) is 6.42 Å². The molecule has 5 heteroatoms. The van der Waals surface area contributed by atoms with Gasteiger partial charge >= 0.3 is 0 Å². The first kappa shape index (κ1) is 16.3. The summed E-state index contributed by atoms with van der Waals surface area (Å²) in [6.07, 6.45) is 0.750. The van der Waals surface area contributed by atoms with E-state index >= 15 is 0 Å². The van der Waals surface area contributed by atoms with Crippen molar-refractivity contribution in [1.82, 2.24) is 4.90 Å². The molecule has 2 N–H and O–H groups in total. The van der Waals surface area contributed by atoms with Gasteiger partial charge in [0.05, 0.1) is 5.92 Å². The van der Waals surface area contributed by atoms with Crippen molar-refractivity contribution in [2.24, 2.45) is 11.7 Å². The average Bonchev–Trinajstić information content (AvgIpc) is 2.46. The zero-order valence-electron chi connectivity index (χ0n) is 11.0. The first-order valence-electron chi connectivity index (χ1n) is 6.42. The number of nitrogens with two attached hydrogens (primary N) is 1. The number of halogens is 1. The summed E-state index contributed by atoms with van der Waals surface area (Å²) in [4.78, 5) is 14.3. The summed E-state index contributed by atoms with van der Waals surface area (Å²) in [6, 6.07) is 10.1. The third kappa shape index (κ3) is 4.71. The van der Waals surface area contributed by atoms with E-state index in [1.807, 2.05) is 34.9 Å². The van der Waals surface area contributed by atoms with Gasteiger partial charge < -0.3 is 10.6 Å². The molecule has 0 aromatic heterocycles. The van der Waals surface area contributed by atoms with E-state index in [0.29, 0.717) is 6.54 Å². The van der Waals surface area contributed by atoms with Gasteiger partial charge in [-0.05, 0) is 12.0 Å². The Morgan fingerprint density at radius 1 is 1.26 bits per heavy atom. The predicted octanol–water partition coefficient (Wildman–Crippen LogP) is 1.80. The van der Waals surface area contributed by atoms with Gasteiger partial charge in [-0.3, -0.25) is 4.79 Å². The lowest BCUT2D eigenvalue weighted by molar-refractivity contribution is -0.134. The Balaban J connectivity index is 0.00000180. The van der Waals surface area contributed by atoms with Gasteiger partial charge in [0.25, 0.3) is 0 Å². The van der Waals surface area contributed by atoms with E-state index < -0.39 is 0 Å². The third-order valence-corrected chi connectivity index (χ3v) is 4.22. The summed E-state index contributed by atoms with van der Waals surface area (Å²) >= 11 is 1.91. The van der Waals surface area contributed by atoms with E-state index in [4.69, 9.17) is 5.73 Å². The first-order valence-corrected chi connectivity index (χ1v) is 7.57. The van der Waals surface area contributed by atoms with Crippen molar-refractivity contribution in [3.63, 3.8) is 0 Å². The predicted molar refractivity (Wildman–Crippen MR) is 83.8 cm³/mol. The number of thioether (sulfide) groups is 1. The zero-order chi connectivity index (χ0) is 12.8. The maximum Gasteiger partial charge on any atom is 0.227 e. The Labute approximate surface area is 125 Å². The zero-order valence-corrected chi connectivity index (χ0v) is 12.6. The Kier molecular flexibility index (Phi) is 7.28. The number of hydrogen-bond donors (Lipinski definition) is 1. The van der Waals surface area contributed by atoms with Crippen molar-refractivity contribution >= 4 is 30.1 Å². The van der Waals surface area contributed by atoms with Gasteiger partial charge in [0.1, 0.15) is 0 Å². The van der Waals surface area contributed by atoms with Gasteiger partial charge in [0, 0.05) is 31.1 Å². The number of amides is 1. The minimum Gasteiger partial charge on any atom is -0.341 e. The molecule has 1 aliphatic rings. The van der Waals surface area contributed by atoms with Crippen molar-refractivity contribution in [3.8, 4) is 0 Å². The molecule has 106 valence electrons. The summed E-state index contributed by atoms with van der Waals surface area (Å²) in [5.74, 6) is 2.25. The molecule has 0 aliphatic carbocycles. The SMILES string of the molecule is Cl.NC[C@H](Cc1ccccc1)C(=O)N1CCSCC1. The van der Waals surface area contributed by atoms with E-state index in [2.05, 4.69) is 12.1 Å². The second kappa shape index (κ2) is 8.46. The van der Waals surface area contributed by atoms with Crippen LogP contribution in [0.3, 0.4) is 0 Å². The lowest BCUT2D eigenvalue weighted by Crippen LogP contribution is -2.44. The van der Waals surface area contributed by atoms with Crippen LogP contribution in [0.15, 0.2) is 30.3 Å². The molecule has 1 fully saturated rings. The molecule has 1 heterocycles. The number of carbonyl (C=O) groups excluding carboxylic acids is 1. The van der Waals surface area contributed by atoms with Crippen molar-refractivity contribution in [2.75, 3.05) is 31.1 Å². The normalized spacial score (nSPS) is 16.6. The highest BCUT2D eigenvalue weighted by Gasteiger charge is 2.24. The third-order valence-electron chi connectivity index (χ3n) is 3.28. The van der Waals surface area contributed by atoms with Crippen LogP contribution >= 0.6 is 24.2 Å². The van der Waals surface area contributed by atoms with Gasteiger partial charge in [0.2, 0.25) is 5.91 Å². The highest BCUT2D eigenvalue weighted by molar-refractivity contribution is 7.99. The Morgan fingerprint density at radius 3 is 2.47 bits per heavy atom. The van der Waals surface area contributed by atoms with E-state index in [1.165, 1.54) is 5.56 Å². The lowest BCUT2D eigenvalue weighted by Gasteiger charge is -2.29. The molecule has 0 unspecified atom stereocenters. The monoisotopic (exact) mass is 300 g/mol. The van der Waals surface area contributed by atoms with Gasteiger partial charge in [-0.15, -0.1) is 12.4 Å². The van der Waals surface area contributed by atoms with E-state index in [-0.39, 0.29) is 24.2 Å². The minimum absolute atomic E-state index is 0. The van der Waals surface area contributed by atoms with Crippen LogP contribution in [0, 0.1) is 5.92 Å². The number of benzene rings is 1. The second-order valence-electron chi connectivity index (χ2n) is 4.56. The van der Waals surface area contributed by atoms with E-state index in [1.54, 1.807) is 0 Å². The molecule has 1 saturated heterocycles. The summed E-state index contributed by atoms with van der Waals surface area (Å²) in [5, 5.41) is 0. The molecular weight excluding hydrogens is 280 g/mol. The topological polar surface area (TPSA) is 46.3 Å². The van der Waals surface area contributed by atoms with Crippen LogP contribution in [0.5, 0.6) is 0 Å². The first-order chi connectivity index (χ1) is 8.81. The maximum atomic E-state index is 12.4. The number of nitrogens with zero attached hydrogens (tertiary/aromatic N) is 1. The molecule has 0 saturated carbocycles. The Morgan fingerprint density at radius 2 is 1.89 bits per heavy atom. The summed E-state index contributed by atoms with van der Waals surface area (Å²) in [7, 11) is 0. The highest BCUT2D eigenvalue weighted by atomic mass is 35.5. The van der Waals surface area contributed by atoms with Gasteiger partial charge in [0.15, 0.2) is 0 Å². The summed E-state index contributed by atoms with van der Waals surface area (Å²) in [6.45, 7) is 2.17. The fourth-order valence-electron chi connectivity index (χ4n) is 2.21. The molecule has 2 rings (SSSR count). The van der Waals surface area contributed by atoms with Crippen molar-refractivity contribution in [1.29, 1.82) is 0 Å². The molecular formula is C14H21ClN2OS. The average molecular weight is 301 g/mol. The van der Waals surface area contributed by atoms with E-state index in [9.17, 15) is 4.79 Å². The standard InChI is InChI=1S/C14H20N2OS.ClH/c15-11-13(10-12-4-2-1-3-5-12)14(17)16-6-8-18-9-7-16;/h1-5,13H,6-11,15H2;1H/t13-;/m0./s1.